The summed E-state index contributed by atoms with van der Waals surface area (Å²) >= 11 is 0. The summed E-state index contributed by atoms with van der Waals surface area (Å²) in [4.78, 5) is 0. The van der Waals surface area contributed by atoms with Gasteiger partial charge in [-0.25, -0.2) is 0 Å². The second-order valence-electron chi connectivity index (χ2n) is 5.67. The van der Waals surface area contributed by atoms with E-state index in [4.69, 9.17) is 16.2 Å². The van der Waals surface area contributed by atoms with Gasteiger partial charge in [-0.3, -0.25) is 0 Å². The fraction of sp³-hybridized carbons (Fsp3) is 0.600. The fourth-order valence-corrected chi connectivity index (χ4v) is 1.81. The van der Waals surface area contributed by atoms with Gasteiger partial charge in [0.25, 0.3) is 0 Å². The van der Waals surface area contributed by atoms with Crippen LogP contribution >= 0.6 is 12.4 Å². The lowest BCUT2D eigenvalue weighted by Gasteiger charge is -2.21. The first-order chi connectivity index (χ1) is 8.42. The zero-order valence-corrected chi connectivity index (χ0v) is 13.0. The van der Waals surface area contributed by atoms with E-state index in [0.29, 0.717) is 0 Å². The predicted octanol–water partition coefficient (Wildman–Crippen LogP) is 3.41. The first kappa shape index (κ1) is 18.2. The van der Waals surface area contributed by atoms with Crippen LogP contribution in [0.25, 0.3) is 0 Å². The molecule has 0 spiro atoms. The summed E-state index contributed by atoms with van der Waals surface area (Å²) in [5.74, 6) is 0.889. The Morgan fingerprint density at radius 3 is 2.16 bits per heavy atom. The molecular formula is C15H27ClN2O. The molecule has 0 saturated heterocycles. The van der Waals surface area contributed by atoms with E-state index in [1.165, 1.54) is 0 Å². The highest BCUT2D eigenvalue weighted by Crippen LogP contribution is 2.22. The van der Waals surface area contributed by atoms with Crippen LogP contribution in [0.3, 0.4) is 0 Å². The molecule has 1 rings (SSSR count). The zero-order chi connectivity index (χ0) is 13.6. The molecule has 19 heavy (non-hydrogen) atoms. The van der Waals surface area contributed by atoms with Crippen molar-refractivity contribution in [2.45, 2.75) is 51.7 Å². The van der Waals surface area contributed by atoms with Gasteiger partial charge in [-0.05, 0) is 57.9 Å². The lowest BCUT2D eigenvalue weighted by atomic mass is 10.0. The Labute approximate surface area is 123 Å². The van der Waals surface area contributed by atoms with Gasteiger partial charge in [-0.15, -0.1) is 12.4 Å². The molecule has 3 nitrogen and oxygen atoms in total. The number of halogens is 1. The van der Waals surface area contributed by atoms with Crippen LogP contribution in [0.4, 0.5) is 0 Å². The summed E-state index contributed by atoms with van der Waals surface area (Å²) in [6.45, 7) is 6.86. The Kier molecular flexibility index (Phi) is 8.07. The molecule has 0 aliphatic rings. The number of benzene rings is 1. The summed E-state index contributed by atoms with van der Waals surface area (Å²) < 4.78 is 5.78. The third-order valence-corrected chi connectivity index (χ3v) is 2.70. The number of hydrogen-bond acceptors (Lipinski definition) is 3. The second kappa shape index (κ2) is 8.41. The highest BCUT2D eigenvalue weighted by atomic mass is 35.5. The summed E-state index contributed by atoms with van der Waals surface area (Å²) in [5, 5.41) is 0. The molecule has 110 valence electrons. The van der Waals surface area contributed by atoms with Crippen LogP contribution in [-0.2, 0) is 0 Å². The van der Waals surface area contributed by atoms with Gasteiger partial charge in [0.05, 0.1) is 0 Å². The van der Waals surface area contributed by atoms with Gasteiger partial charge in [0, 0.05) is 6.04 Å². The van der Waals surface area contributed by atoms with E-state index in [-0.39, 0.29) is 24.0 Å². The van der Waals surface area contributed by atoms with Crippen molar-refractivity contribution in [3.8, 4) is 5.75 Å². The van der Waals surface area contributed by atoms with E-state index in [2.05, 4.69) is 0 Å². The Morgan fingerprint density at radius 2 is 1.68 bits per heavy atom. The van der Waals surface area contributed by atoms with Crippen molar-refractivity contribution < 1.29 is 4.74 Å². The van der Waals surface area contributed by atoms with Crippen molar-refractivity contribution in [3.63, 3.8) is 0 Å². The fourth-order valence-electron chi connectivity index (χ4n) is 1.81. The van der Waals surface area contributed by atoms with E-state index in [1.54, 1.807) is 0 Å². The number of ether oxygens (including phenoxy) is 1. The summed E-state index contributed by atoms with van der Waals surface area (Å²) in [6, 6.07) is 8.18. The monoisotopic (exact) mass is 286 g/mol. The van der Waals surface area contributed by atoms with Crippen LogP contribution in [0.2, 0.25) is 0 Å². The smallest absolute Gasteiger partial charge is 0.120 e. The minimum absolute atomic E-state index is 0. The normalized spacial score (nSPS) is 12.7. The van der Waals surface area contributed by atoms with Crippen molar-refractivity contribution in [1.82, 2.24) is 0 Å². The molecule has 0 bridgehead atoms. The van der Waals surface area contributed by atoms with Crippen molar-refractivity contribution in [3.05, 3.63) is 29.8 Å². The molecule has 4 N–H and O–H groups in total. The summed E-state index contributed by atoms with van der Waals surface area (Å²) in [5.41, 5.74) is 12.6. The maximum atomic E-state index is 6.13. The third kappa shape index (κ3) is 7.41. The Bertz CT molecular complexity index is 346. The minimum atomic E-state index is -0.162. The van der Waals surface area contributed by atoms with E-state index in [9.17, 15) is 0 Å². The Hall–Kier alpha value is -0.770. The van der Waals surface area contributed by atoms with Gasteiger partial charge >= 0.3 is 0 Å². The minimum Gasteiger partial charge on any atom is -0.488 e. The predicted molar refractivity (Wildman–Crippen MR) is 83.9 cm³/mol. The maximum Gasteiger partial charge on any atom is 0.120 e. The van der Waals surface area contributed by atoms with Gasteiger partial charge in [-0.2, -0.15) is 0 Å². The molecule has 0 heterocycles. The van der Waals surface area contributed by atoms with Gasteiger partial charge < -0.3 is 16.2 Å². The van der Waals surface area contributed by atoms with E-state index < -0.39 is 0 Å². The van der Waals surface area contributed by atoms with E-state index in [1.807, 2.05) is 45.0 Å². The Morgan fingerprint density at radius 1 is 1.11 bits per heavy atom. The van der Waals surface area contributed by atoms with Crippen molar-refractivity contribution in [2.24, 2.45) is 11.5 Å². The molecule has 1 atom stereocenters. The number of rotatable bonds is 6. The number of hydrogen-bond donors (Lipinski definition) is 2. The average Bonchev–Trinajstić information content (AvgIpc) is 2.28. The largest absolute Gasteiger partial charge is 0.488 e. The molecule has 0 saturated carbocycles. The molecule has 1 aromatic carbocycles. The standard InChI is InChI=1S/C15H26N2O.ClH/c1-15(2,3)18-13-9-7-12(8-10-13)14(17)6-4-5-11-16;/h7-10,14H,4-6,11,16-17H2,1-3H3;1H/t14-;/m1./s1. The highest BCUT2D eigenvalue weighted by Gasteiger charge is 2.12. The molecule has 0 fully saturated rings. The molecular weight excluding hydrogens is 260 g/mol. The van der Waals surface area contributed by atoms with Gasteiger partial charge in [0.15, 0.2) is 0 Å². The van der Waals surface area contributed by atoms with Crippen molar-refractivity contribution in [1.29, 1.82) is 0 Å². The lowest BCUT2D eigenvalue weighted by Crippen LogP contribution is -2.22. The van der Waals surface area contributed by atoms with Crippen molar-refractivity contribution >= 4 is 12.4 Å². The molecule has 0 aliphatic heterocycles. The maximum absolute atomic E-state index is 6.13. The Balaban J connectivity index is 0.00000324. The van der Waals surface area contributed by atoms with Gasteiger partial charge in [0.2, 0.25) is 0 Å². The zero-order valence-electron chi connectivity index (χ0n) is 12.2. The third-order valence-electron chi connectivity index (χ3n) is 2.70. The molecule has 0 amide bonds. The van der Waals surface area contributed by atoms with Gasteiger partial charge in [-0.1, -0.05) is 18.6 Å². The van der Waals surface area contributed by atoms with Crippen LogP contribution in [-0.4, -0.2) is 12.1 Å². The molecule has 0 radical (unpaired) electrons. The lowest BCUT2D eigenvalue weighted by molar-refractivity contribution is 0.131. The summed E-state index contributed by atoms with van der Waals surface area (Å²) in [7, 11) is 0. The van der Waals surface area contributed by atoms with Crippen LogP contribution in [0.1, 0.15) is 51.6 Å². The van der Waals surface area contributed by atoms with E-state index >= 15 is 0 Å². The SMILES string of the molecule is CC(C)(C)Oc1ccc([C@H](N)CCCCN)cc1.Cl. The average molecular weight is 287 g/mol. The highest BCUT2D eigenvalue weighted by molar-refractivity contribution is 5.85. The number of unbranched alkanes of at least 4 members (excludes halogenated alkanes) is 1. The van der Waals surface area contributed by atoms with Crippen LogP contribution in [0, 0.1) is 0 Å². The molecule has 0 aliphatic carbocycles. The quantitative estimate of drug-likeness (QED) is 0.788. The first-order valence-electron chi connectivity index (χ1n) is 6.67. The van der Waals surface area contributed by atoms with Crippen LogP contribution < -0.4 is 16.2 Å². The first-order valence-corrected chi connectivity index (χ1v) is 6.67. The van der Waals surface area contributed by atoms with E-state index in [0.717, 1.165) is 37.1 Å². The number of nitrogens with two attached hydrogens (primary N) is 2. The van der Waals surface area contributed by atoms with Crippen LogP contribution in [0.5, 0.6) is 5.75 Å². The topological polar surface area (TPSA) is 61.3 Å². The molecule has 4 heteroatoms. The molecule has 0 aromatic heterocycles. The van der Waals surface area contributed by atoms with Gasteiger partial charge in [0.1, 0.15) is 11.4 Å². The second-order valence-corrected chi connectivity index (χ2v) is 5.67. The summed E-state index contributed by atoms with van der Waals surface area (Å²) in [6.07, 6.45) is 3.10. The molecule has 0 unspecified atom stereocenters. The van der Waals surface area contributed by atoms with Crippen molar-refractivity contribution in [2.75, 3.05) is 6.54 Å². The molecule has 1 aromatic rings. The van der Waals surface area contributed by atoms with Crippen LogP contribution in [0.15, 0.2) is 24.3 Å².